The maximum Gasteiger partial charge on any atom is 0.328 e. The van der Waals surface area contributed by atoms with E-state index < -0.39 is 59.9 Å². The van der Waals surface area contributed by atoms with Crippen molar-refractivity contribution in [2.45, 2.75) is 69.3 Å². The molecule has 0 spiro atoms. The summed E-state index contributed by atoms with van der Waals surface area (Å²) >= 11 is 0. The van der Waals surface area contributed by atoms with Crippen LogP contribution >= 0.6 is 0 Å². The number of guanidine groups is 1. The summed E-state index contributed by atoms with van der Waals surface area (Å²) in [5.41, 5.74) is 22.4. The van der Waals surface area contributed by atoms with Crippen molar-refractivity contribution in [1.29, 1.82) is 0 Å². The Morgan fingerprint density at radius 2 is 1.49 bits per heavy atom. The highest BCUT2D eigenvalue weighted by Crippen LogP contribution is 2.07. The number of amides is 4. The lowest BCUT2D eigenvalue weighted by molar-refractivity contribution is -0.145. The summed E-state index contributed by atoms with van der Waals surface area (Å²) in [6, 6.07) is 3.50. The summed E-state index contributed by atoms with van der Waals surface area (Å²) in [5.74, 6) is -4.72. The Kier molecular flexibility index (Phi) is 13.9. The van der Waals surface area contributed by atoms with E-state index in [1.807, 2.05) is 0 Å². The van der Waals surface area contributed by atoms with E-state index in [2.05, 4.69) is 20.9 Å². The number of rotatable bonds is 17. The molecule has 1 aromatic rings. The number of nitrogens with zero attached hydrogens (tertiary/aromatic N) is 1. The Morgan fingerprint density at radius 1 is 0.897 bits per heavy atom. The van der Waals surface area contributed by atoms with Crippen molar-refractivity contribution in [2.24, 2.45) is 27.9 Å². The Balaban J connectivity index is 3.08. The summed E-state index contributed by atoms with van der Waals surface area (Å²) in [6.07, 6.45) is -1.34. The molecule has 13 N–H and O–H groups in total. The van der Waals surface area contributed by atoms with E-state index in [4.69, 9.17) is 22.9 Å². The molecule has 15 nitrogen and oxygen atoms in total. The van der Waals surface area contributed by atoms with Crippen LogP contribution in [0.3, 0.4) is 0 Å². The van der Waals surface area contributed by atoms with Gasteiger partial charge in [0, 0.05) is 19.4 Å². The first kappa shape index (κ1) is 32.8. The standard InChI is InChI=1S/C24H38N8O7/c1-13(33)19(23(38)39)32-21(36)16(9-10-18(26)34)30-22(37)17(12-14-6-3-2-4-7-14)31-20(35)15(25)8-5-11-29-24(27)28/h2-4,6-7,13,15-17,19,33H,5,8-12,25H2,1H3,(H2,26,34)(H,30,37)(H,31,35)(H,32,36)(H,38,39)(H4,27,28,29). The van der Waals surface area contributed by atoms with E-state index in [0.29, 0.717) is 12.0 Å². The average Bonchev–Trinajstić information content (AvgIpc) is 2.86. The van der Waals surface area contributed by atoms with Crippen LogP contribution < -0.4 is 38.9 Å². The number of aliphatic hydroxyl groups is 1. The zero-order valence-electron chi connectivity index (χ0n) is 21.7. The van der Waals surface area contributed by atoms with Gasteiger partial charge in [0.2, 0.25) is 23.6 Å². The fraction of sp³-hybridized carbons (Fsp3) is 0.500. The summed E-state index contributed by atoms with van der Waals surface area (Å²) in [7, 11) is 0. The number of aliphatic hydroxyl groups excluding tert-OH is 1. The van der Waals surface area contributed by atoms with Gasteiger partial charge in [-0.2, -0.15) is 0 Å². The minimum absolute atomic E-state index is 0.0364. The zero-order chi connectivity index (χ0) is 29.5. The molecule has 0 heterocycles. The molecule has 0 saturated heterocycles. The largest absolute Gasteiger partial charge is 0.480 e. The van der Waals surface area contributed by atoms with Gasteiger partial charge in [0.25, 0.3) is 0 Å². The first-order valence-electron chi connectivity index (χ1n) is 12.3. The van der Waals surface area contributed by atoms with Gasteiger partial charge in [-0.3, -0.25) is 24.2 Å². The number of carboxylic acid groups (broad SMARTS) is 1. The second kappa shape index (κ2) is 16.6. The molecule has 0 aliphatic heterocycles. The highest BCUT2D eigenvalue weighted by atomic mass is 16.4. The van der Waals surface area contributed by atoms with Gasteiger partial charge >= 0.3 is 5.97 Å². The predicted octanol–water partition coefficient (Wildman–Crippen LogP) is -3.20. The maximum atomic E-state index is 13.3. The highest BCUT2D eigenvalue weighted by Gasteiger charge is 2.32. The molecule has 0 fully saturated rings. The van der Waals surface area contributed by atoms with Gasteiger partial charge in [-0.1, -0.05) is 30.3 Å². The molecule has 0 radical (unpaired) electrons. The van der Waals surface area contributed by atoms with Gasteiger partial charge in [0.1, 0.15) is 12.1 Å². The Labute approximate surface area is 225 Å². The number of hydrogen-bond donors (Lipinski definition) is 9. The molecule has 1 rings (SSSR count). The number of carboxylic acids is 1. The van der Waals surface area contributed by atoms with Crippen LogP contribution in [0.25, 0.3) is 0 Å². The Bertz CT molecular complexity index is 1010. The number of primary amides is 1. The fourth-order valence-electron chi connectivity index (χ4n) is 3.46. The number of carbonyl (C=O) groups excluding carboxylic acids is 4. The Morgan fingerprint density at radius 3 is 2.03 bits per heavy atom. The van der Waals surface area contributed by atoms with E-state index >= 15 is 0 Å². The molecule has 4 amide bonds. The quantitative estimate of drug-likeness (QED) is 0.0531. The van der Waals surface area contributed by atoms with Crippen molar-refractivity contribution < 1.29 is 34.2 Å². The summed E-state index contributed by atoms with van der Waals surface area (Å²) < 4.78 is 0. The van der Waals surface area contributed by atoms with Crippen LogP contribution in [0.4, 0.5) is 0 Å². The smallest absolute Gasteiger partial charge is 0.328 e. The SMILES string of the molecule is CC(O)C(NC(=O)C(CCC(N)=O)NC(=O)C(Cc1ccccc1)NC(=O)C(N)CCCN=C(N)N)C(=O)O. The molecular formula is C24H38N8O7. The monoisotopic (exact) mass is 550 g/mol. The molecule has 0 bridgehead atoms. The third-order valence-corrected chi connectivity index (χ3v) is 5.58. The molecule has 0 saturated carbocycles. The van der Waals surface area contributed by atoms with E-state index in [1.165, 1.54) is 6.92 Å². The van der Waals surface area contributed by atoms with Gasteiger partial charge in [0.15, 0.2) is 12.0 Å². The van der Waals surface area contributed by atoms with Gasteiger partial charge in [0.05, 0.1) is 12.1 Å². The second-order valence-corrected chi connectivity index (χ2v) is 8.94. The number of hydrogen-bond acceptors (Lipinski definition) is 8. The maximum absolute atomic E-state index is 13.3. The second-order valence-electron chi connectivity index (χ2n) is 8.94. The van der Waals surface area contributed by atoms with E-state index in [0.717, 1.165) is 0 Å². The Hall–Kier alpha value is -4.24. The normalized spacial score (nSPS) is 14.5. The van der Waals surface area contributed by atoms with Crippen LogP contribution in [0.2, 0.25) is 0 Å². The third kappa shape index (κ3) is 12.7. The highest BCUT2D eigenvalue weighted by molar-refractivity contribution is 5.94. The summed E-state index contributed by atoms with van der Waals surface area (Å²) in [4.78, 5) is 65.4. The fourth-order valence-corrected chi connectivity index (χ4v) is 3.46. The molecule has 39 heavy (non-hydrogen) atoms. The molecule has 15 heteroatoms. The molecule has 0 aliphatic carbocycles. The van der Waals surface area contributed by atoms with Crippen molar-refractivity contribution >= 4 is 35.6 Å². The summed E-state index contributed by atoms with van der Waals surface area (Å²) in [5, 5.41) is 26.1. The van der Waals surface area contributed by atoms with E-state index in [9.17, 15) is 34.2 Å². The van der Waals surface area contributed by atoms with E-state index in [1.54, 1.807) is 30.3 Å². The first-order chi connectivity index (χ1) is 18.3. The molecule has 5 unspecified atom stereocenters. The average molecular weight is 551 g/mol. The number of nitrogens with two attached hydrogens (primary N) is 4. The van der Waals surface area contributed by atoms with Crippen LogP contribution in [-0.4, -0.2) is 82.6 Å². The molecular weight excluding hydrogens is 512 g/mol. The topological polar surface area (TPSA) is 278 Å². The lowest BCUT2D eigenvalue weighted by Crippen LogP contribution is -2.58. The molecule has 0 aromatic heterocycles. The molecule has 5 atom stereocenters. The van der Waals surface area contributed by atoms with Crippen molar-refractivity contribution in [3.63, 3.8) is 0 Å². The number of benzene rings is 1. The van der Waals surface area contributed by atoms with Crippen molar-refractivity contribution in [1.82, 2.24) is 16.0 Å². The number of nitrogens with one attached hydrogen (secondary N) is 3. The van der Waals surface area contributed by atoms with Gasteiger partial charge < -0.3 is 49.1 Å². The van der Waals surface area contributed by atoms with Crippen LogP contribution in [0.5, 0.6) is 0 Å². The number of aliphatic carboxylic acids is 1. The zero-order valence-corrected chi connectivity index (χ0v) is 21.7. The van der Waals surface area contributed by atoms with Gasteiger partial charge in [-0.25, -0.2) is 4.79 Å². The first-order valence-corrected chi connectivity index (χ1v) is 12.3. The van der Waals surface area contributed by atoms with Crippen molar-refractivity contribution in [2.75, 3.05) is 6.54 Å². The minimum atomic E-state index is -1.66. The van der Waals surface area contributed by atoms with Crippen LogP contribution in [-0.2, 0) is 30.4 Å². The lowest BCUT2D eigenvalue weighted by Gasteiger charge is -2.26. The minimum Gasteiger partial charge on any atom is -0.480 e. The molecule has 0 aliphatic rings. The van der Waals surface area contributed by atoms with Gasteiger partial charge in [-0.05, 0) is 31.7 Å². The van der Waals surface area contributed by atoms with Crippen molar-refractivity contribution in [3.05, 3.63) is 35.9 Å². The van der Waals surface area contributed by atoms with Crippen LogP contribution in [0, 0.1) is 0 Å². The number of carbonyl (C=O) groups is 5. The van der Waals surface area contributed by atoms with Crippen LogP contribution in [0.1, 0.15) is 38.2 Å². The lowest BCUT2D eigenvalue weighted by atomic mass is 10.0. The molecule has 1 aromatic carbocycles. The van der Waals surface area contributed by atoms with E-state index in [-0.39, 0.29) is 38.2 Å². The summed E-state index contributed by atoms with van der Waals surface area (Å²) in [6.45, 7) is 1.43. The van der Waals surface area contributed by atoms with Gasteiger partial charge in [-0.15, -0.1) is 0 Å². The predicted molar refractivity (Wildman–Crippen MR) is 142 cm³/mol. The number of aliphatic imine (C=N–C) groups is 1. The van der Waals surface area contributed by atoms with Crippen molar-refractivity contribution in [3.8, 4) is 0 Å². The molecule has 216 valence electrons. The van der Waals surface area contributed by atoms with Crippen LogP contribution in [0.15, 0.2) is 35.3 Å². The third-order valence-electron chi connectivity index (χ3n) is 5.58.